The normalized spacial score (nSPS) is 10.2. The number of hydrogen-bond acceptors (Lipinski definition) is 4. The second-order valence-corrected chi connectivity index (χ2v) is 2.88. The van der Waals surface area contributed by atoms with Crippen LogP contribution in [0.5, 0.6) is 0 Å². The van der Waals surface area contributed by atoms with Crippen LogP contribution in [0.1, 0.15) is 15.9 Å². The zero-order valence-electron chi connectivity index (χ0n) is 8.04. The van der Waals surface area contributed by atoms with E-state index in [0.29, 0.717) is 0 Å². The van der Waals surface area contributed by atoms with Crippen molar-refractivity contribution in [1.29, 1.82) is 0 Å². The molecule has 0 heterocycles. The van der Waals surface area contributed by atoms with Gasteiger partial charge in [0.2, 0.25) is 0 Å². The Morgan fingerprint density at radius 3 is 2.38 bits per heavy atom. The molecule has 0 bridgehead atoms. The van der Waals surface area contributed by atoms with Crippen LogP contribution >= 0.6 is 0 Å². The van der Waals surface area contributed by atoms with E-state index in [1.54, 1.807) is 6.07 Å². The average molecular weight is 219 g/mol. The number of ketones is 1. The van der Waals surface area contributed by atoms with E-state index >= 15 is 0 Å². The van der Waals surface area contributed by atoms with Gasteiger partial charge in [0.1, 0.15) is 0 Å². The van der Waals surface area contributed by atoms with Crippen molar-refractivity contribution in [2.24, 2.45) is 0 Å². The van der Waals surface area contributed by atoms with Gasteiger partial charge >= 0.3 is 5.97 Å². The first kappa shape index (κ1) is 11.6. The Morgan fingerprint density at radius 1 is 1.19 bits per heavy atom. The number of carbonyl (C=O) groups excluding carboxylic acids is 2. The van der Waals surface area contributed by atoms with Crippen LogP contribution in [0.3, 0.4) is 0 Å². The highest BCUT2D eigenvalue weighted by Gasteiger charge is 2.06. The van der Waals surface area contributed by atoms with Crippen molar-refractivity contribution in [2.45, 2.75) is 0 Å². The Balaban J connectivity index is 3.02. The second kappa shape index (κ2) is 4.88. The third kappa shape index (κ3) is 2.78. The quantitative estimate of drug-likeness (QED) is 0.555. The molecule has 0 spiro atoms. The maximum atomic E-state index is 10.7. The lowest BCUT2D eigenvalue weighted by Gasteiger charge is -2.05. The molecule has 0 aromatic heterocycles. The predicted octanol–water partition coefficient (Wildman–Crippen LogP) is -0.283. The van der Waals surface area contributed by atoms with Gasteiger partial charge in [-0.05, 0) is 11.6 Å². The lowest BCUT2D eigenvalue weighted by atomic mass is 10.1. The maximum Gasteiger partial charge on any atom is 0.376 e. The molecule has 1 rings (SSSR count). The lowest BCUT2D eigenvalue weighted by Crippen LogP contribution is -2.23. The number of hydrogen-bond donors (Lipinski definition) is 1. The van der Waals surface area contributed by atoms with E-state index in [4.69, 9.17) is 5.11 Å². The van der Waals surface area contributed by atoms with Crippen molar-refractivity contribution in [3.8, 4) is 0 Å². The van der Waals surface area contributed by atoms with Crippen LogP contribution < -0.4 is 5.11 Å². The van der Waals surface area contributed by atoms with Gasteiger partial charge in [-0.1, -0.05) is 30.3 Å². The van der Waals surface area contributed by atoms with Gasteiger partial charge in [-0.25, -0.2) is 4.79 Å². The fourth-order valence-corrected chi connectivity index (χ4v) is 1.06. The molecule has 1 aromatic carbocycles. The molecule has 1 N–H and O–H groups in total. The summed E-state index contributed by atoms with van der Waals surface area (Å²) in [5.74, 6) is -4.10. The van der Waals surface area contributed by atoms with E-state index in [1.165, 1.54) is 18.2 Å². The molecule has 0 saturated carbocycles. The lowest BCUT2D eigenvalue weighted by molar-refractivity contribution is -0.255. The Labute approximate surface area is 90.6 Å². The number of carbonyl (C=O) groups is 3. The largest absolute Gasteiger partial charge is 0.545 e. The Morgan fingerprint density at radius 2 is 1.81 bits per heavy atom. The van der Waals surface area contributed by atoms with Gasteiger partial charge in [0.15, 0.2) is 0 Å². The van der Waals surface area contributed by atoms with Crippen molar-refractivity contribution in [3.63, 3.8) is 0 Å². The van der Waals surface area contributed by atoms with Crippen LogP contribution in [0.2, 0.25) is 0 Å². The molecule has 82 valence electrons. The van der Waals surface area contributed by atoms with Crippen LogP contribution in [0.15, 0.2) is 30.3 Å². The van der Waals surface area contributed by atoms with Gasteiger partial charge in [-0.2, -0.15) is 0 Å². The van der Waals surface area contributed by atoms with Gasteiger partial charge in [-0.3, -0.25) is 4.79 Å². The molecular formula is C11H7O5-. The summed E-state index contributed by atoms with van der Waals surface area (Å²) in [4.78, 5) is 31.6. The van der Waals surface area contributed by atoms with Crippen LogP contribution in [-0.4, -0.2) is 22.8 Å². The summed E-state index contributed by atoms with van der Waals surface area (Å²) >= 11 is 0. The van der Waals surface area contributed by atoms with Crippen molar-refractivity contribution in [1.82, 2.24) is 0 Å². The van der Waals surface area contributed by atoms with Crippen molar-refractivity contribution in [3.05, 3.63) is 41.5 Å². The molecule has 5 heteroatoms. The van der Waals surface area contributed by atoms with Crippen molar-refractivity contribution >= 4 is 23.8 Å². The number of carboxylic acids is 2. The van der Waals surface area contributed by atoms with Gasteiger partial charge in [0.05, 0.1) is 5.97 Å². The third-order valence-electron chi connectivity index (χ3n) is 1.81. The summed E-state index contributed by atoms with van der Waals surface area (Å²) in [5.41, 5.74) is 0.119. The molecule has 5 nitrogen and oxygen atoms in total. The molecule has 0 unspecified atom stereocenters. The molecule has 0 aliphatic rings. The summed E-state index contributed by atoms with van der Waals surface area (Å²) in [7, 11) is 0. The fraction of sp³-hybridized carbons (Fsp3) is 0. The second-order valence-electron chi connectivity index (χ2n) is 2.88. The number of carboxylic acid groups (broad SMARTS) is 2. The van der Waals surface area contributed by atoms with E-state index < -0.39 is 17.7 Å². The average Bonchev–Trinajstić information content (AvgIpc) is 2.25. The van der Waals surface area contributed by atoms with Gasteiger partial charge in [-0.15, -0.1) is 0 Å². The summed E-state index contributed by atoms with van der Waals surface area (Å²) in [6.07, 6.45) is 1.92. The number of aliphatic carboxylic acids is 1. The van der Waals surface area contributed by atoms with Crippen LogP contribution in [0.4, 0.5) is 0 Å². The van der Waals surface area contributed by atoms with Crippen molar-refractivity contribution in [2.75, 3.05) is 0 Å². The minimum absolute atomic E-state index is 0.100. The number of rotatable bonds is 4. The molecule has 16 heavy (non-hydrogen) atoms. The topological polar surface area (TPSA) is 94.5 Å². The Hall–Kier alpha value is -2.43. The van der Waals surface area contributed by atoms with Gasteiger partial charge in [0.25, 0.3) is 5.78 Å². The monoisotopic (exact) mass is 219 g/mol. The van der Waals surface area contributed by atoms with Crippen LogP contribution in [0, 0.1) is 0 Å². The summed E-state index contributed by atoms with van der Waals surface area (Å²) in [6.45, 7) is 0. The first-order valence-corrected chi connectivity index (χ1v) is 4.28. The first-order chi connectivity index (χ1) is 7.52. The van der Waals surface area contributed by atoms with E-state index in [9.17, 15) is 19.5 Å². The molecule has 0 aliphatic carbocycles. The smallest absolute Gasteiger partial charge is 0.376 e. The predicted molar refractivity (Wildman–Crippen MR) is 52.4 cm³/mol. The molecule has 0 radical (unpaired) electrons. The van der Waals surface area contributed by atoms with E-state index in [1.807, 2.05) is 0 Å². The highest BCUT2D eigenvalue weighted by molar-refractivity contribution is 6.38. The zero-order valence-corrected chi connectivity index (χ0v) is 8.04. The molecule has 0 aliphatic heterocycles. The Kier molecular flexibility index (Phi) is 3.55. The van der Waals surface area contributed by atoms with E-state index in [0.717, 1.165) is 12.2 Å². The fourth-order valence-electron chi connectivity index (χ4n) is 1.06. The molecule has 0 fully saturated rings. The molecular weight excluding hydrogens is 212 g/mol. The number of aromatic carboxylic acids is 1. The molecule has 0 amide bonds. The van der Waals surface area contributed by atoms with Gasteiger partial charge in [0, 0.05) is 5.56 Å². The minimum atomic E-state index is -1.60. The number of benzene rings is 1. The zero-order chi connectivity index (χ0) is 12.1. The van der Waals surface area contributed by atoms with Crippen LogP contribution in [0.25, 0.3) is 6.08 Å². The molecule has 1 aromatic rings. The highest BCUT2D eigenvalue weighted by atomic mass is 16.4. The highest BCUT2D eigenvalue weighted by Crippen LogP contribution is 2.09. The van der Waals surface area contributed by atoms with Gasteiger partial charge < -0.3 is 15.0 Å². The standard InChI is InChI=1S/C11H8O5/c12-9(11(15)16)6-5-7-3-1-2-4-8(7)10(13)14/h1-6H,(H,13,14)(H,15,16)/p-1/b6-5-. The third-order valence-corrected chi connectivity index (χ3v) is 1.81. The molecule has 0 atom stereocenters. The van der Waals surface area contributed by atoms with Crippen LogP contribution in [-0.2, 0) is 9.59 Å². The summed E-state index contributed by atoms with van der Waals surface area (Å²) in [5, 5.41) is 19.0. The Bertz CT molecular complexity index is 473. The van der Waals surface area contributed by atoms with E-state index in [2.05, 4.69) is 0 Å². The van der Waals surface area contributed by atoms with Crippen molar-refractivity contribution < 1.29 is 24.6 Å². The summed E-state index contributed by atoms with van der Waals surface area (Å²) < 4.78 is 0. The molecule has 0 saturated heterocycles. The minimum Gasteiger partial charge on any atom is -0.545 e. The maximum absolute atomic E-state index is 10.7. The first-order valence-electron chi connectivity index (χ1n) is 4.28. The SMILES string of the molecule is O=C(O)C(=O)/C=C\c1ccccc1C(=O)[O-]. The van der Waals surface area contributed by atoms with E-state index in [-0.39, 0.29) is 11.1 Å². The summed E-state index contributed by atoms with van der Waals surface area (Å²) in [6, 6.07) is 5.82.